The summed E-state index contributed by atoms with van der Waals surface area (Å²) >= 11 is 5.92. The lowest BCUT2D eigenvalue weighted by Crippen LogP contribution is -2.75. The third-order valence-electron chi connectivity index (χ3n) is 10.8. The van der Waals surface area contributed by atoms with Crippen LogP contribution in [0, 0.1) is 0 Å². The minimum absolute atomic E-state index is 0.504. The maximum Gasteiger partial charge on any atom is 0.416 e. The minimum Gasteiger partial charge on any atom is -0.252 e. The van der Waals surface area contributed by atoms with Crippen LogP contribution in [0.5, 0.6) is 0 Å². The molecule has 2 nitrogen and oxygen atoms in total. The fraction of sp³-hybridized carbons (Fsp3) is 0.200. The van der Waals surface area contributed by atoms with Crippen LogP contribution in [0.3, 0.4) is 0 Å². The monoisotopic (exact) mass is 1090 g/mol. The van der Waals surface area contributed by atoms with E-state index >= 15 is 0 Å². The summed E-state index contributed by atoms with van der Waals surface area (Å²) in [5.74, 6) is 0. The highest BCUT2D eigenvalue weighted by Crippen LogP contribution is 2.41. The van der Waals surface area contributed by atoms with Crippen LogP contribution in [0.15, 0.2) is 128 Å². The molecule has 0 saturated heterocycles. The Balaban J connectivity index is 0.000000520. The van der Waals surface area contributed by atoms with Gasteiger partial charge in [0.1, 0.15) is 17.4 Å². The van der Waals surface area contributed by atoms with Crippen LogP contribution in [0.25, 0.3) is 5.03 Å². The van der Waals surface area contributed by atoms with Crippen molar-refractivity contribution >= 4 is 44.6 Å². The van der Waals surface area contributed by atoms with Crippen molar-refractivity contribution in [3.05, 3.63) is 184 Å². The highest BCUT2D eigenvalue weighted by molar-refractivity contribution is 7.20. The zero-order valence-electron chi connectivity index (χ0n) is 35.4. The highest BCUT2D eigenvalue weighted by Gasteiger charge is 2.47. The van der Waals surface area contributed by atoms with Crippen LogP contribution >= 0.6 is 11.6 Å². The molecule has 0 aliphatic carbocycles. The van der Waals surface area contributed by atoms with Gasteiger partial charge in [-0.25, -0.2) is 0 Å². The number of nitrogens with zero attached hydrogens (tertiary/aromatic N) is 2. The molecule has 0 aliphatic rings. The Bertz CT molecular complexity index is 2520. The van der Waals surface area contributed by atoms with Crippen molar-refractivity contribution < 1.29 is 110 Å². The summed E-state index contributed by atoms with van der Waals surface area (Å²) in [6.07, 6.45) is -49.4. The topological polar surface area (TPSA) is 16.8 Å². The Morgan fingerprint density at radius 2 is 0.658 bits per heavy atom. The van der Waals surface area contributed by atoms with Crippen molar-refractivity contribution in [2.75, 3.05) is 0 Å². The molecule has 0 bridgehead atoms. The van der Waals surface area contributed by atoms with E-state index in [1.165, 1.54) is 5.56 Å². The molecule has 392 valence electrons. The Labute approximate surface area is 399 Å². The molecule has 0 unspecified atom stereocenters. The van der Waals surface area contributed by atoms with Gasteiger partial charge in [-0.15, -0.1) is 0 Å². The Morgan fingerprint density at radius 1 is 0.411 bits per heavy atom. The molecule has 6 rings (SSSR count). The summed E-state index contributed by atoms with van der Waals surface area (Å²) in [5, 5.41) is 0.504. The molecule has 0 radical (unpaired) electrons. The quantitative estimate of drug-likeness (QED) is 0.0884. The Morgan fingerprint density at radius 3 is 0.877 bits per heavy atom. The maximum absolute atomic E-state index is 14.2. The second-order valence-electron chi connectivity index (χ2n) is 15.7. The van der Waals surface area contributed by atoms with Gasteiger partial charge >= 0.3 is 49.4 Å². The molecule has 0 atom stereocenters. The number of halogens is 25. The SMILES string of the molecule is C=C(Cl)c1cncc[n+]1Cc1ccccc1.FC(F)(F)c1cc([B-](c2cc(C(F)(F)F)cc(C(F)(F)F)c2)(c2cc(C(F)(F)F)cc(C(F)(F)F)c2)c2cc(C(F)(F)F)cc(C(F)(F)F)c2)cc(C(F)(F)F)c1. The predicted molar refractivity (Wildman–Crippen MR) is 215 cm³/mol. The lowest BCUT2D eigenvalue weighted by molar-refractivity contribution is -0.690. The molecule has 0 N–H and O–H groups in total. The number of benzene rings is 5. The first kappa shape index (κ1) is 57.5. The Hall–Kier alpha value is -6.41. The fourth-order valence-corrected chi connectivity index (χ4v) is 7.76. The second kappa shape index (κ2) is 19.8. The van der Waals surface area contributed by atoms with E-state index in [1.807, 2.05) is 29.0 Å². The van der Waals surface area contributed by atoms with E-state index in [0.717, 1.165) is 12.2 Å². The first-order valence-corrected chi connectivity index (χ1v) is 20.0. The van der Waals surface area contributed by atoms with Crippen molar-refractivity contribution in [3.63, 3.8) is 0 Å². The van der Waals surface area contributed by atoms with Gasteiger partial charge in [0.2, 0.25) is 5.69 Å². The summed E-state index contributed by atoms with van der Waals surface area (Å²) in [4.78, 5) is 4.04. The van der Waals surface area contributed by atoms with Gasteiger partial charge in [-0.1, -0.05) is 97.0 Å². The fourth-order valence-electron chi connectivity index (χ4n) is 7.60. The van der Waals surface area contributed by atoms with Crippen molar-refractivity contribution in [2.45, 2.75) is 56.0 Å². The minimum atomic E-state index is -6.13. The van der Waals surface area contributed by atoms with Crippen molar-refractivity contribution in [3.8, 4) is 0 Å². The van der Waals surface area contributed by atoms with Gasteiger partial charge in [0.05, 0.1) is 50.7 Å². The summed E-state index contributed by atoms with van der Waals surface area (Å²) < 4.78 is 343. The molecule has 5 aromatic carbocycles. The van der Waals surface area contributed by atoms with Crippen molar-refractivity contribution in [2.24, 2.45) is 0 Å². The van der Waals surface area contributed by atoms with Crippen molar-refractivity contribution in [1.29, 1.82) is 0 Å². The van der Waals surface area contributed by atoms with Gasteiger partial charge in [-0.3, -0.25) is 4.98 Å². The second-order valence-corrected chi connectivity index (χ2v) is 16.2. The zero-order chi connectivity index (χ0) is 55.3. The average Bonchev–Trinajstić information content (AvgIpc) is 3.24. The van der Waals surface area contributed by atoms with Gasteiger partial charge in [0.25, 0.3) is 0 Å². The molecule has 0 aliphatic heterocycles. The van der Waals surface area contributed by atoms with E-state index < -0.39 is 195 Å². The van der Waals surface area contributed by atoms with E-state index in [9.17, 15) is 105 Å². The predicted octanol–water partition coefficient (Wildman–Crippen LogP) is 13.8. The molecular formula is C45H24BClF24N2. The van der Waals surface area contributed by atoms with Crippen LogP contribution in [0.4, 0.5) is 105 Å². The first-order valence-electron chi connectivity index (χ1n) is 19.6. The third kappa shape index (κ3) is 13.4. The lowest BCUT2D eigenvalue weighted by Gasteiger charge is -2.46. The van der Waals surface area contributed by atoms with Crippen molar-refractivity contribution in [1.82, 2.24) is 4.98 Å². The molecule has 0 spiro atoms. The van der Waals surface area contributed by atoms with Gasteiger partial charge in [0.15, 0.2) is 12.7 Å². The van der Waals surface area contributed by atoms with E-state index in [4.69, 9.17) is 11.6 Å². The maximum atomic E-state index is 14.2. The average molecular weight is 1090 g/mol. The van der Waals surface area contributed by atoms with Gasteiger partial charge < -0.3 is 0 Å². The summed E-state index contributed by atoms with van der Waals surface area (Å²) in [5.41, 5.74) is -28.1. The molecule has 1 heterocycles. The van der Waals surface area contributed by atoms with E-state index in [2.05, 4.69) is 23.7 Å². The van der Waals surface area contributed by atoms with Gasteiger partial charge in [0, 0.05) is 5.56 Å². The van der Waals surface area contributed by atoms with E-state index in [1.54, 1.807) is 12.4 Å². The van der Waals surface area contributed by atoms with Crippen LogP contribution in [-0.2, 0) is 56.0 Å². The van der Waals surface area contributed by atoms with Crippen LogP contribution in [-0.4, -0.2) is 11.1 Å². The molecule has 0 saturated carbocycles. The smallest absolute Gasteiger partial charge is 0.252 e. The molecular weight excluding hydrogens is 1070 g/mol. The molecule has 0 fully saturated rings. The molecule has 6 aromatic rings. The summed E-state index contributed by atoms with van der Waals surface area (Å²) in [6.45, 7) is 4.50. The van der Waals surface area contributed by atoms with Gasteiger partial charge in [-0.05, 0) is 24.3 Å². The largest absolute Gasteiger partial charge is 0.416 e. The first-order chi connectivity index (χ1) is 33.0. The third-order valence-corrected chi connectivity index (χ3v) is 10.9. The van der Waals surface area contributed by atoms with E-state index in [-0.39, 0.29) is 0 Å². The Kier molecular flexibility index (Phi) is 15.6. The number of rotatable bonds is 7. The zero-order valence-corrected chi connectivity index (χ0v) is 36.1. The summed E-state index contributed by atoms with van der Waals surface area (Å²) in [7, 11) is 0. The number of alkyl halides is 24. The van der Waals surface area contributed by atoms with Crippen LogP contribution in [0.2, 0.25) is 0 Å². The number of hydrogen-bond acceptors (Lipinski definition) is 1. The molecule has 73 heavy (non-hydrogen) atoms. The van der Waals surface area contributed by atoms with Gasteiger partial charge in [-0.2, -0.15) is 132 Å². The summed E-state index contributed by atoms with van der Waals surface area (Å²) in [6, 6.07) is 1.39. The lowest BCUT2D eigenvalue weighted by atomic mass is 9.12. The highest BCUT2D eigenvalue weighted by atomic mass is 35.5. The number of hydrogen-bond donors (Lipinski definition) is 0. The number of aromatic nitrogens is 2. The molecule has 28 heteroatoms. The molecule has 0 amide bonds. The van der Waals surface area contributed by atoms with Crippen LogP contribution < -0.4 is 26.4 Å². The standard InChI is InChI=1S/C32H12BF24.C13H12ClN2/c34-25(35,36)13-1-14(26(37,38)39)6-21(5-13)33(22-7-15(27(40,41)42)2-16(8-22)28(43,44)45,23-9-17(29(46,47)48)3-18(10-23)30(49,50)51)24-11-19(31(52,53)54)4-20(12-24)32(55,56)57;1-11(14)13-9-15-7-8-16(13)10-12-5-3-2-4-6-12/h1-12H;2-9H,1,10H2/q-1;+1. The normalized spacial score (nSPS) is 13.4. The molecule has 1 aromatic heterocycles. The van der Waals surface area contributed by atoms with E-state index in [0.29, 0.717) is 5.03 Å². The van der Waals surface area contributed by atoms with Crippen LogP contribution in [0.1, 0.15) is 55.8 Å².